The quantitative estimate of drug-likeness (QED) is 0.331. The molecule has 0 spiro atoms. The zero-order chi connectivity index (χ0) is 18.8. The standard InChI is InChI=1S/C20H33FN4O.HI/c1-4-5-12-25-13-10-17(11-14-25)24-20(22-3)23-15-16(2)26-19-9-7-6-8-18(19)21;/h6-9,16-17H,4-5,10-15H2,1-3H3,(H2,22,23,24);1H. The molecule has 0 saturated carbocycles. The molecule has 1 atom stereocenters. The molecular formula is C20H34FIN4O. The lowest BCUT2D eigenvalue weighted by atomic mass is 10.0. The first-order chi connectivity index (χ1) is 12.6. The van der Waals surface area contributed by atoms with Gasteiger partial charge in [0.25, 0.3) is 0 Å². The number of unbranched alkanes of at least 4 members (excludes halogenated alkanes) is 1. The fourth-order valence-corrected chi connectivity index (χ4v) is 3.11. The summed E-state index contributed by atoms with van der Waals surface area (Å²) in [6.07, 6.45) is 4.63. The lowest BCUT2D eigenvalue weighted by molar-refractivity contribution is 0.201. The predicted molar refractivity (Wildman–Crippen MR) is 121 cm³/mol. The Morgan fingerprint density at radius 1 is 1.33 bits per heavy atom. The van der Waals surface area contributed by atoms with Gasteiger partial charge >= 0.3 is 0 Å². The minimum Gasteiger partial charge on any atom is -0.486 e. The van der Waals surface area contributed by atoms with Gasteiger partial charge in [-0.1, -0.05) is 25.5 Å². The summed E-state index contributed by atoms with van der Waals surface area (Å²) in [5.41, 5.74) is 0. The van der Waals surface area contributed by atoms with Crippen LogP contribution in [0.25, 0.3) is 0 Å². The molecule has 0 aromatic heterocycles. The lowest BCUT2D eigenvalue weighted by Crippen LogP contribution is -2.50. The van der Waals surface area contributed by atoms with Crippen LogP contribution in [0.1, 0.15) is 39.5 Å². The summed E-state index contributed by atoms with van der Waals surface area (Å²) >= 11 is 0. The lowest BCUT2D eigenvalue weighted by Gasteiger charge is -2.33. The number of guanidine groups is 1. The zero-order valence-corrected chi connectivity index (χ0v) is 19.0. The Kier molecular flexibility index (Phi) is 11.7. The number of halogens is 2. The molecule has 1 heterocycles. The highest BCUT2D eigenvalue weighted by molar-refractivity contribution is 14.0. The van der Waals surface area contributed by atoms with E-state index in [0.717, 1.165) is 31.9 Å². The molecule has 2 N–H and O–H groups in total. The maximum atomic E-state index is 13.6. The summed E-state index contributed by atoms with van der Waals surface area (Å²) < 4.78 is 19.3. The monoisotopic (exact) mass is 492 g/mol. The van der Waals surface area contributed by atoms with Crippen molar-refractivity contribution in [1.82, 2.24) is 15.5 Å². The number of benzene rings is 1. The van der Waals surface area contributed by atoms with Gasteiger partial charge in [0.1, 0.15) is 6.10 Å². The molecule has 1 saturated heterocycles. The topological polar surface area (TPSA) is 48.9 Å². The summed E-state index contributed by atoms with van der Waals surface area (Å²) in [6.45, 7) is 8.20. The van der Waals surface area contributed by atoms with Crippen LogP contribution in [0.3, 0.4) is 0 Å². The van der Waals surface area contributed by atoms with Crippen molar-refractivity contribution in [2.45, 2.75) is 51.7 Å². The van der Waals surface area contributed by atoms with Crippen molar-refractivity contribution in [1.29, 1.82) is 0 Å². The van der Waals surface area contributed by atoms with E-state index in [1.54, 1.807) is 25.2 Å². The Balaban J connectivity index is 0.00000364. The summed E-state index contributed by atoms with van der Waals surface area (Å²) in [5, 5.41) is 6.77. The smallest absolute Gasteiger partial charge is 0.191 e. The van der Waals surface area contributed by atoms with Crippen molar-refractivity contribution < 1.29 is 9.13 Å². The number of rotatable bonds is 8. The molecule has 5 nitrogen and oxygen atoms in total. The van der Waals surface area contributed by atoms with Crippen LogP contribution >= 0.6 is 24.0 Å². The molecular weight excluding hydrogens is 458 g/mol. The second-order valence-corrected chi connectivity index (χ2v) is 6.93. The summed E-state index contributed by atoms with van der Waals surface area (Å²) in [7, 11) is 1.77. The number of likely N-dealkylation sites (tertiary alicyclic amines) is 1. The Morgan fingerprint density at radius 3 is 2.67 bits per heavy atom. The minimum atomic E-state index is -0.336. The van der Waals surface area contributed by atoms with Crippen LogP contribution in [0.2, 0.25) is 0 Å². The van der Waals surface area contributed by atoms with Crippen molar-refractivity contribution in [2.75, 3.05) is 33.2 Å². The van der Waals surface area contributed by atoms with Crippen molar-refractivity contribution >= 4 is 29.9 Å². The highest BCUT2D eigenvalue weighted by atomic mass is 127. The number of ether oxygens (including phenoxy) is 1. The fourth-order valence-electron chi connectivity index (χ4n) is 3.11. The van der Waals surface area contributed by atoms with Gasteiger partial charge in [-0.15, -0.1) is 24.0 Å². The first-order valence-corrected chi connectivity index (χ1v) is 9.73. The molecule has 0 aliphatic carbocycles. The highest BCUT2D eigenvalue weighted by Gasteiger charge is 2.19. The molecule has 27 heavy (non-hydrogen) atoms. The third-order valence-electron chi connectivity index (χ3n) is 4.70. The van der Waals surface area contributed by atoms with Gasteiger partial charge in [0.05, 0.1) is 6.54 Å². The SMILES string of the molecule is CCCCN1CCC(NC(=NC)NCC(C)Oc2ccccc2F)CC1.I. The van der Waals surface area contributed by atoms with Gasteiger partial charge in [0, 0.05) is 26.2 Å². The van der Waals surface area contributed by atoms with Crippen molar-refractivity contribution in [2.24, 2.45) is 4.99 Å². The number of hydrogen-bond donors (Lipinski definition) is 2. The molecule has 0 amide bonds. The summed E-state index contributed by atoms with van der Waals surface area (Å²) in [6, 6.07) is 6.92. The molecule has 2 rings (SSSR count). The number of para-hydroxylation sites is 1. The molecule has 154 valence electrons. The van der Waals surface area contributed by atoms with E-state index in [1.165, 1.54) is 25.5 Å². The second kappa shape index (κ2) is 13.1. The highest BCUT2D eigenvalue weighted by Crippen LogP contribution is 2.16. The van der Waals surface area contributed by atoms with E-state index < -0.39 is 0 Å². The van der Waals surface area contributed by atoms with Gasteiger partial charge in [0.15, 0.2) is 17.5 Å². The van der Waals surface area contributed by atoms with Gasteiger partial charge in [-0.25, -0.2) is 4.39 Å². The van der Waals surface area contributed by atoms with E-state index in [0.29, 0.717) is 12.6 Å². The van der Waals surface area contributed by atoms with Crippen LogP contribution in [0.4, 0.5) is 4.39 Å². The predicted octanol–water partition coefficient (Wildman–Crippen LogP) is 3.64. The van der Waals surface area contributed by atoms with Crippen LogP contribution in [-0.2, 0) is 0 Å². The van der Waals surface area contributed by atoms with Gasteiger partial charge in [0.2, 0.25) is 0 Å². The normalized spacial score (nSPS) is 17.1. The van der Waals surface area contributed by atoms with Crippen LogP contribution < -0.4 is 15.4 Å². The molecule has 1 fully saturated rings. The molecule has 1 unspecified atom stereocenters. The van der Waals surface area contributed by atoms with Gasteiger partial charge in [-0.3, -0.25) is 4.99 Å². The van der Waals surface area contributed by atoms with Crippen LogP contribution in [-0.4, -0.2) is 56.2 Å². The fraction of sp³-hybridized carbons (Fsp3) is 0.650. The first-order valence-electron chi connectivity index (χ1n) is 9.73. The Morgan fingerprint density at radius 2 is 2.04 bits per heavy atom. The maximum Gasteiger partial charge on any atom is 0.191 e. The molecule has 7 heteroatoms. The molecule has 1 aromatic carbocycles. The second-order valence-electron chi connectivity index (χ2n) is 6.93. The first kappa shape index (κ1) is 23.9. The Bertz CT molecular complexity index is 565. The Labute approximate surface area is 180 Å². The third kappa shape index (κ3) is 8.64. The molecule has 0 radical (unpaired) electrons. The van der Waals surface area contributed by atoms with E-state index in [1.807, 2.05) is 6.92 Å². The van der Waals surface area contributed by atoms with Crippen LogP contribution in [0.5, 0.6) is 5.75 Å². The molecule has 1 aliphatic heterocycles. The largest absolute Gasteiger partial charge is 0.486 e. The molecule has 0 bridgehead atoms. The summed E-state index contributed by atoms with van der Waals surface area (Å²) in [4.78, 5) is 6.84. The number of piperidine rings is 1. The van der Waals surface area contributed by atoms with E-state index in [2.05, 4.69) is 27.4 Å². The van der Waals surface area contributed by atoms with E-state index >= 15 is 0 Å². The number of aliphatic imine (C=N–C) groups is 1. The van der Waals surface area contributed by atoms with Crippen molar-refractivity contribution in [3.05, 3.63) is 30.1 Å². The van der Waals surface area contributed by atoms with Gasteiger partial charge in [-0.05, 0) is 44.9 Å². The average Bonchev–Trinajstić information content (AvgIpc) is 2.66. The number of nitrogens with one attached hydrogen (secondary N) is 2. The van der Waals surface area contributed by atoms with Crippen molar-refractivity contribution in [3.63, 3.8) is 0 Å². The molecule has 1 aromatic rings. The Hall–Kier alpha value is -1.09. The average molecular weight is 492 g/mol. The van der Waals surface area contributed by atoms with Gasteiger partial charge < -0.3 is 20.3 Å². The zero-order valence-electron chi connectivity index (χ0n) is 16.7. The number of hydrogen-bond acceptors (Lipinski definition) is 3. The van der Waals surface area contributed by atoms with Crippen molar-refractivity contribution in [3.8, 4) is 5.75 Å². The maximum absolute atomic E-state index is 13.6. The molecule has 1 aliphatic rings. The van der Waals surface area contributed by atoms with E-state index in [-0.39, 0.29) is 41.6 Å². The summed E-state index contributed by atoms with van der Waals surface area (Å²) in [5.74, 6) is 0.724. The number of nitrogens with zero attached hydrogens (tertiary/aromatic N) is 2. The third-order valence-corrected chi connectivity index (χ3v) is 4.70. The van der Waals surface area contributed by atoms with Gasteiger partial charge in [-0.2, -0.15) is 0 Å². The van der Waals surface area contributed by atoms with Crippen LogP contribution in [0, 0.1) is 5.82 Å². The van der Waals surface area contributed by atoms with E-state index in [4.69, 9.17) is 4.74 Å². The minimum absolute atomic E-state index is 0. The van der Waals surface area contributed by atoms with E-state index in [9.17, 15) is 4.39 Å². The van der Waals surface area contributed by atoms with Crippen LogP contribution in [0.15, 0.2) is 29.3 Å².